The largest absolute Gasteiger partial charge is 0.491 e. The van der Waals surface area contributed by atoms with Crippen LogP contribution in [0.4, 0.5) is 0 Å². The lowest BCUT2D eigenvalue weighted by Crippen LogP contribution is -2.48. The van der Waals surface area contributed by atoms with Crippen molar-refractivity contribution in [2.75, 3.05) is 46.0 Å². The van der Waals surface area contributed by atoms with Crippen molar-refractivity contribution in [3.8, 4) is 5.75 Å². The van der Waals surface area contributed by atoms with Gasteiger partial charge in [-0.25, -0.2) is 0 Å². The van der Waals surface area contributed by atoms with Crippen LogP contribution in [0.2, 0.25) is 0 Å². The summed E-state index contributed by atoms with van der Waals surface area (Å²) >= 11 is 1.75. The SMILES string of the molecule is C=CCOC[C@@H](O)CN(CC)CC(=O)N1CCc2sccc2[C@H]1COc1ccc(C)cc1C. The summed E-state index contributed by atoms with van der Waals surface area (Å²) in [4.78, 5) is 18.6. The van der Waals surface area contributed by atoms with Crippen LogP contribution < -0.4 is 4.74 Å². The van der Waals surface area contributed by atoms with Gasteiger partial charge in [-0.3, -0.25) is 9.69 Å². The lowest BCUT2D eigenvalue weighted by molar-refractivity contribution is -0.136. The summed E-state index contributed by atoms with van der Waals surface area (Å²) in [5.41, 5.74) is 3.48. The first-order valence-corrected chi connectivity index (χ1v) is 12.5. The van der Waals surface area contributed by atoms with Gasteiger partial charge in [-0.15, -0.1) is 17.9 Å². The maximum atomic E-state index is 13.4. The third-order valence-corrected chi connectivity index (χ3v) is 6.96. The van der Waals surface area contributed by atoms with Crippen LogP contribution in [-0.2, 0) is 16.0 Å². The van der Waals surface area contributed by atoms with Crippen LogP contribution in [0.1, 0.15) is 34.5 Å². The number of aliphatic hydroxyl groups excluding tert-OH is 1. The molecule has 2 aromatic rings. The zero-order valence-electron chi connectivity index (χ0n) is 20.0. The Balaban J connectivity index is 1.67. The molecule has 0 fully saturated rings. The van der Waals surface area contributed by atoms with E-state index >= 15 is 0 Å². The topological polar surface area (TPSA) is 62.2 Å². The van der Waals surface area contributed by atoms with E-state index in [9.17, 15) is 9.90 Å². The van der Waals surface area contributed by atoms with Gasteiger partial charge in [0.15, 0.2) is 0 Å². The highest BCUT2D eigenvalue weighted by molar-refractivity contribution is 7.10. The second-order valence-electron chi connectivity index (χ2n) is 8.54. The summed E-state index contributed by atoms with van der Waals surface area (Å²) in [5.74, 6) is 0.912. The van der Waals surface area contributed by atoms with E-state index < -0.39 is 6.10 Å². The fourth-order valence-corrected chi connectivity index (χ4v) is 5.16. The number of likely N-dealkylation sites (N-methyl/N-ethyl adjacent to an activating group) is 1. The molecule has 6 nitrogen and oxygen atoms in total. The van der Waals surface area contributed by atoms with E-state index in [1.807, 2.05) is 35.8 Å². The van der Waals surface area contributed by atoms with E-state index in [1.54, 1.807) is 17.4 Å². The average molecular weight is 473 g/mol. The fourth-order valence-electron chi connectivity index (χ4n) is 4.23. The van der Waals surface area contributed by atoms with Crippen LogP contribution in [-0.4, -0.2) is 72.9 Å². The molecular weight excluding hydrogens is 436 g/mol. The highest BCUT2D eigenvalue weighted by Gasteiger charge is 2.33. The Hall–Kier alpha value is -2.19. The molecule has 0 bridgehead atoms. The number of aryl methyl sites for hydroxylation is 2. The van der Waals surface area contributed by atoms with E-state index in [-0.39, 0.29) is 25.1 Å². The third-order valence-electron chi connectivity index (χ3n) is 5.96. The predicted molar refractivity (Wildman–Crippen MR) is 133 cm³/mol. The zero-order valence-corrected chi connectivity index (χ0v) is 20.8. The molecule has 0 spiro atoms. The maximum absolute atomic E-state index is 13.4. The van der Waals surface area contributed by atoms with Crippen molar-refractivity contribution in [3.05, 3.63) is 63.9 Å². The van der Waals surface area contributed by atoms with Crippen molar-refractivity contribution in [1.82, 2.24) is 9.80 Å². The van der Waals surface area contributed by atoms with Gasteiger partial charge < -0.3 is 19.5 Å². The monoisotopic (exact) mass is 472 g/mol. The Morgan fingerprint density at radius 1 is 1.39 bits per heavy atom. The molecule has 0 saturated carbocycles. The Kier molecular flexibility index (Phi) is 9.50. The maximum Gasteiger partial charge on any atom is 0.237 e. The molecule has 0 saturated heterocycles. The number of carbonyl (C=O) groups excluding carboxylic acids is 1. The normalized spacial score (nSPS) is 16.5. The number of amides is 1. The van der Waals surface area contributed by atoms with Gasteiger partial charge in [-0.2, -0.15) is 0 Å². The van der Waals surface area contributed by atoms with Crippen LogP contribution in [0, 0.1) is 13.8 Å². The number of aliphatic hydroxyl groups is 1. The summed E-state index contributed by atoms with van der Waals surface area (Å²) in [5, 5.41) is 12.4. The first-order valence-electron chi connectivity index (χ1n) is 11.6. The quantitative estimate of drug-likeness (QED) is 0.377. The number of rotatable bonds is 12. The van der Waals surface area contributed by atoms with E-state index in [4.69, 9.17) is 9.47 Å². The molecule has 1 aromatic heterocycles. The van der Waals surface area contributed by atoms with Crippen LogP contribution >= 0.6 is 11.3 Å². The molecule has 0 aliphatic carbocycles. The standard InChI is InChI=1S/C26H36N2O4S/c1-5-12-31-17-21(29)15-27(6-2)16-26(30)28-11-9-25-22(10-13-33-25)23(28)18-32-24-8-7-19(3)14-20(24)4/h5,7-8,10,13-14,21,23,29H,1,6,9,11-12,15-18H2,2-4H3/t21-,23+/m0/s1. The highest BCUT2D eigenvalue weighted by Crippen LogP contribution is 2.34. The van der Waals surface area contributed by atoms with Crippen molar-refractivity contribution in [3.63, 3.8) is 0 Å². The number of hydrogen-bond acceptors (Lipinski definition) is 6. The number of hydrogen-bond donors (Lipinski definition) is 1. The number of thiophene rings is 1. The van der Waals surface area contributed by atoms with Gasteiger partial charge >= 0.3 is 0 Å². The third kappa shape index (κ3) is 6.90. The number of ether oxygens (including phenoxy) is 2. The number of benzene rings is 1. The van der Waals surface area contributed by atoms with Crippen LogP contribution in [0.5, 0.6) is 5.75 Å². The lowest BCUT2D eigenvalue weighted by atomic mass is 10.00. The van der Waals surface area contributed by atoms with Crippen molar-refractivity contribution in [2.24, 2.45) is 0 Å². The van der Waals surface area contributed by atoms with Gasteiger partial charge in [0, 0.05) is 18.0 Å². The second-order valence-corrected chi connectivity index (χ2v) is 9.54. The highest BCUT2D eigenvalue weighted by atomic mass is 32.1. The molecule has 1 amide bonds. The fraction of sp³-hybridized carbons (Fsp3) is 0.500. The Bertz CT molecular complexity index is 929. The molecule has 1 N–H and O–H groups in total. The molecule has 7 heteroatoms. The molecule has 2 heterocycles. The van der Waals surface area contributed by atoms with Gasteiger partial charge in [-0.1, -0.05) is 30.7 Å². The first kappa shape index (κ1) is 25.4. The van der Waals surface area contributed by atoms with E-state index in [2.05, 4.69) is 31.0 Å². The Morgan fingerprint density at radius 2 is 2.21 bits per heavy atom. The molecule has 1 aliphatic heterocycles. The van der Waals surface area contributed by atoms with Crippen molar-refractivity contribution < 1.29 is 19.4 Å². The van der Waals surface area contributed by atoms with Crippen molar-refractivity contribution >= 4 is 17.2 Å². The molecule has 0 unspecified atom stereocenters. The molecule has 1 aromatic carbocycles. The van der Waals surface area contributed by atoms with Gasteiger partial charge in [0.2, 0.25) is 5.91 Å². The predicted octanol–water partition coefficient (Wildman–Crippen LogP) is 3.76. The molecule has 0 radical (unpaired) electrons. The van der Waals surface area contributed by atoms with E-state index in [1.165, 1.54) is 16.0 Å². The zero-order chi connectivity index (χ0) is 23.8. The van der Waals surface area contributed by atoms with E-state index in [0.717, 1.165) is 17.7 Å². The minimum absolute atomic E-state index is 0.0575. The average Bonchev–Trinajstić information content (AvgIpc) is 3.27. The molecule has 33 heavy (non-hydrogen) atoms. The molecule has 1 aliphatic rings. The van der Waals surface area contributed by atoms with Crippen molar-refractivity contribution in [2.45, 2.75) is 39.3 Å². The smallest absolute Gasteiger partial charge is 0.237 e. The summed E-state index contributed by atoms with van der Waals surface area (Å²) in [7, 11) is 0. The van der Waals surface area contributed by atoms with Gasteiger partial charge in [0.05, 0.1) is 31.9 Å². The van der Waals surface area contributed by atoms with Crippen LogP contribution in [0.3, 0.4) is 0 Å². The molecular formula is C26H36N2O4S. The number of nitrogens with zero attached hydrogens (tertiary/aromatic N) is 2. The summed E-state index contributed by atoms with van der Waals surface area (Å²) in [6.45, 7) is 12.8. The molecule has 180 valence electrons. The van der Waals surface area contributed by atoms with Crippen molar-refractivity contribution in [1.29, 1.82) is 0 Å². The van der Waals surface area contributed by atoms with Crippen LogP contribution in [0.15, 0.2) is 42.3 Å². The van der Waals surface area contributed by atoms with Gasteiger partial charge in [-0.05, 0) is 55.5 Å². The Labute approximate surface area is 201 Å². The lowest BCUT2D eigenvalue weighted by Gasteiger charge is -2.37. The number of carbonyl (C=O) groups is 1. The minimum atomic E-state index is -0.647. The minimum Gasteiger partial charge on any atom is -0.491 e. The van der Waals surface area contributed by atoms with Gasteiger partial charge in [0.1, 0.15) is 12.4 Å². The molecule has 3 rings (SSSR count). The molecule has 2 atom stereocenters. The first-order chi connectivity index (χ1) is 15.9. The van der Waals surface area contributed by atoms with Crippen LogP contribution in [0.25, 0.3) is 0 Å². The number of fused-ring (bicyclic) bond motifs is 1. The van der Waals surface area contributed by atoms with Gasteiger partial charge in [0.25, 0.3) is 0 Å². The summed E-state index contributed by atoms with van der Waals surface area (Å²) < 4.78 is 11.6. The summed E-state index contributed by atoms with van der Waals surface area (Å²) in [6.07, 6.45) is 1.87. The summed E-state index contributed by atoms with van der Waals surface area (Å²) in [6, 6.07) is 8.16. The Morgan fingerprint density at radius 3 is 2.94 bits per heavy atom. The van der Waals surface area contributed by atoms with E-state index in [0.29, 0.717) is 32.8 Å². The second kappa shape index (κ2) is 12.3.